The van der Waals surface area contributed by atoms with Crippen LogP contribution in [-0.4, -0.2) is 30.4 Å². The molecule has 1 aromatic rings. The molecule has 2 bridgehead atoms. The minimum Gasteiger partial charge on any atom is -0.368 e. The number of hydrazine groups is 1. The predicted molar refractivity (Wildman–Crippen MR) is 76.7 cm³/mol. The van der Waals surface area contributed by atoms with E-state index >= 15 is 0 Å². The summed E-state index contributed by atoms with van der Waals surface area (Å²) in [5.74, 6) is 0.556. The SMILES string of the molecule is NC(=O)C1([C@H]2CN3CCC2CC3)NNc2ccccc21. The van der Waals surface area contributed by atoms with Crippen molar-refractivity contribution in [1.82, 2.24) is 10.3 Å². The Morgan fingerprint density at radius 3 is 2.70 bits per heavy atom. The Morgan fingerprint density at radius 2 is 2.05 bits per heavy atom. The lowest BCUT2D eigenvalue weighted by atomic mass is 9.66. The van der Waals surface area contributed by atoms with Gasteiger partial charge in [-0.3, -0.25) is 4.79 Å². The molecule has 0 aliphatic carbocycles. The van der Waals surface area contributed by atoms with Gasteiger partial charge in [0.15, 0.2) is 0 Å². The van der Waals surface area contributed by atoms with E-state index in [1.54, 1.807) is 0 Å². The summed E-state index contributed by atoms with van der Waals surface area (Å²) in [6.45, 7) is 3.27. The fourth-order valence-electron chi connectivity index (χ4n) is 4.29. The van der Waals surface area contributed by atoms with E-state index in [2.05, 4.69) is 15.8 Å². The molecule has 4 heterocycles. The van der Waals surface area contributed by atoms with Crippen molar-refractivity contribution in [3.63, 3.8) is 0 Å². The van der Waals surface area contributed by atoms with Gasteiger partial charge in [0, 0.05) is 18.0 Å². The monoisotopic (exact) mass is 272 g/mol. The molecule has 3 fully saturated rings. The average molecular weight is 272 g/mol. The Balaban J connectivity index is 1.81. The van der Waals surface area contributed by atoms with Crippen molar-refractivity contribution in [3.8, 4) is 0 Å². The molecule has 4 aliphatic heterocycles. The number of hydrogen-bond acceptors (Lipinski definition) is 4. The van der Waals surface area contributed by atoms with Crippen LogP contribution >= 0.6 is 0 Å². The molecule has 2 atom stereocenters. The van der Waals surface area contributed by atoms with Crippen LogP contribution in [0.3, 0.4) is 0 Å². The van der Waals surface area contributed by atoms with E-state index in [1.165, 1.54) is 12.8 Å². The maximum atomic E-state index is 12.4. The van der Waals surface area contributed by atoms with Gasteiger partial charge < -0.3 is 16.1 Å². The third-order valence-corrected chi connectivity index (χ3v) is 5.35. The zero-order chi connectivity index (χ0) is 13.7. The Morgan fingerprint density at radius 1 is 1.30 bits per heavy atom. The summed E-state index contributed by atoms with van der Waals surface area (Å²) in [7, 11) is 0. The van der Waals surface area contributed by atoms with Gasteiger partial charge in [-0.1, -0.05) is 18.2 Å². The number of carbonyl (C=O) groups is 1. The highest BCUT2D eigenvalue weighted by Crippen LogP contribution is 2.47. The summed E-state index contributed by atoms with van der Waals surface area (Å²) >= 11 is 0. The molecule has 4 N–H and O–H groups in total. The summed E-state index contributed by atoms with van der Waals surface area (Å²) < 4.78 is 0. The van der Waals surface area contributed by atoms with E-state index < -0.39 is 5.54 Å². The van der Waals surface area contributed by atoms with Gasteiger partial charge in [0.25, 0.3) is 0 Å². The number of nitrogens with one attached hydrogen (secondary N) is 2. The summed E-state index contributed by atoms with van der Waals surface area (Å²) in [5, 5.41) is 0. The minimum absolute atomic E-state index is 0.249. The second-order valence-corrected chi connectivity index (χ2v) is 6.21. The summed E-state index contributed by atoms with van der Waals surface area (Å²) in [6, 6.07) is 7.97. The molecule has 5 nitrogen and oxygen atoms in total. The number of primary amides is 1. The van der Waals surface area contributed by atoms with E-state index in [9.17, 15) is 4.79 Å². The Kier molecular flexibility index (Phi) is 2.56. The van der Waals surface area contributed by atoms with Gasteiger partial charge in [0.1, 0.15) is 5.54 Å². The molecule has 1 aromatic carbocycles. The van der Waals surface area contributed by atoms with E-state index in [4.69, 9.17) is 5.73 Å². The van der Waals surface area contributed by atoms with Gasteiger partial charge in [-0.05, 0) is 37.9 Å². The van der Waals surface area contributed by atoms with Crippen LogP contribution in [0.2, 0.25) is 0 Å². The van der Waals surface area contributed by atoms with Crippen molar-refractivity contribution in [2.45, 2.75) is 18.4 Å². The predicted octanol–water partition coefficient (Wildman–Crippen LogP) is 0.639. The summed E-state index contributed by atoms with van der Waals surface area (Å²) in [5.41, 5.74) is 13.5. The number of carbonyl (C=O) groups excluding carboxylic acids is 1. The number of para-hydroxylation sites is 1. The van der Waals surface area contributed by atoms with Gasteiger partial charge >= 0.3 is 0 Å². The first-order chi connectivity index (χ1) is 9.72. The lowest BCUT2D eigenvalue weighted by molar-refractivity contribution is -0.130. The summed E-state index contributed by atoms with van der Waals surface area (Å²) in [6.07, 6.45) is 2.34. The smallest absolute Gasteiger partial charge is 0.244 e. The first-order valence-electron chi connectivity index (χ1n) is 7.37. The molecule has 0 radical (unpaired) electrons. The number of anilines is 1. The lowest BCUT2D eigenvalue weighted by Gasteiger charge is -2.50. The molecule has 4 aliphatic rings. The molecule has 106 valence electrons. The van der Waals surface area contributed by atoms with Gasteiger partial charge in [-0.15, -0.1) is 0 Å². The van der Waals surface area contributed by atoms with Crippen molar-refractivity contribution in [1.29, 1.82) is 0 Å². The van der Waals surface area contributed by atoms with Crippen molar-refractivity contribution in [3.05, 3.63) is 29.8 Å². The Bertz CT molecular complexity index is 553. The maximum Gasteiger partial charge on any atom is 0.244 e. The van der Waals surface area contributed by atoms with E-state index in [1.807, 2.05) is 24.3 Å². The van der Waals surface area contributed by atoms with Crippen molar-refractivity contribution >= 4 is 11.6 Å². The number of benzene rings is 1. The third-order valence-electron chi connectivity index (χ3n) is 5.35. The molecule has 20 heavy (non-hydrogen) atoms. The van der Waals surface area contributed by atoms with Gasteiger partial charge in [0.05, 0.1) is 5.69 Å². The fourth-order valence-corrected chi connectivity index (χ4v) is 4.29. The molecule has 5 heteroatoms. The van der Waals surface area contributed by atoms with E-state index in [-0.39, 0.29) is 11.8 Å². The van der Waals surface area contributed by atoms with Crippen LogP contribution < -0.4 is 16.6 Å². The molecule has 1 unspecified atom stereocenters. The van der Waals surface area contributed by atoms with Crippen LogP contribution in [0.15, 0.2) is 24.3 Å². The quantitative estimate of drug-likeness (QED) is 0.739. The van der Waals surface area contributed by atoms with Gasteiger partial charge in [-0.2, -0.15) is 0 Å². The first-order valence-corrected chi connectivity index (χ1v) is 7.37. The fraction of sp³-hybridized carbons (Fsp3) is 0.533. The molecule has 0 saturated carbocycles. The van der Waals surface area contributed by atoms with Crippen LogP contribution in [0.4, 0.5) is 5.69 Å². The maximum absolute atomic E-state index is 12.4. The number of amides is 1. The molecule has 3 saturated heterocycles. The largest absolute Gasteiger partial charge is 0.368 e. The molecule has 1 amide bonds. The van der Waals surface area contributed by atoms with Crippen LogP contribution in [0.25, 0.3) is 0 Å². The Hall–Kier alpha value is -1.59. The molecule has 0 spiro atoms. The van der Waals surface area contributed by atoms with Crippen LogP contribution in [0.5, 0.6) is 0 Å². The second-order valence-electron chi connectivity index (χ2n) is 6.21. The highest BCUT2D eigenvalue weighted by Gasteiger charge is 2.55. The number of nitrogens with two attached hydrogens (primary N) is 1. The number of nitrogens with zero attached hydrogens (tertiary/aromatic N) is 1. The third kappa shape index (κ3) is 1.47. The number of rotatable bonds is 2. The number of hydrogen-bond donors (Lipinski definition) is 3. The highest BCUT2D eigenvalue weighted by atomic mass is 16.1. The highest BCUT2D eigenvalue weighted by molar-refractivity contribution is 5.90. The Labute approximate surface area is 118 Å². The van der Waals surface area contributed by atoms with E-state index in [0.29, 0.717) is 5.92 Å². The van der Waals surface area contributed by atoms with Gasteiger partial charge in [-0.25, -0.2) is 5.43 Å². The molecular weight excluding hydrogens is 252 g/mol. The standard InChI is InChI=1S/C15H20N4O/c16-14(20)15(11-3-1-2-4-13(11)17-18-15)12-9-19-7-5-10(12)6-8-19/h1-4,10,12,17-18H,5-9H2,(H2,16,20)/t12-,15?/m0/s1. The first kappa shape index (κ1) is 12.2. The minimum atomic E-state index is -0.764. The normalized spacial score (nSPS) is 38.3. The van der Waals surface area contributed by atoms with Crippen molar-refractivity contribution in [2.75, 3.05) is 25.1 Å². The zero-order valence-electron chi connectivity index (χ0n) is 11.4. The average Bonchev–Trinajstić information content (AvgIpc) is 2.89. The molecular formula is C15H20N4O. The van der Waals surface area contributed by atoms with Crippen LogP contribution in [0.1, 0.15) is 18.4 Å². The van der Waals surface area contributed by atoms with Crippen molar-refractivity contribution < 1.29 is 4.79 Å². The van der Waals surface area contributed by atoms with E-state index in [0.717, 1.165) is 30.9 Å². The van der Waals surface area contributed by atoms with Crippen molar-refractivity contribution in [2.24, 2.45) is 17.6 Å². The van der Waals surface area contributed by atoms with Crippen LogP contribution in [0, 0.1) is 11.8 Å². The number of piperidine rings is 3. The van der Waals surface area contributed by atoms with Gasteiger partial charge in [0.2, 0.25) is 5.91 Å². The topological polar surface area (TPSA) is 70.4 Å². The number of fused-ring (bicyclic) bond motifs is 4. The van der Waals surface area contributed by atoms with Crippen LogP contribution in [-0.2, 0) is 10.3 Å². The zero-order valence-corrected chi connectivity index (χ0v) is 11.4. The molecule has 5 rings (SSSR count). The second kappa shape index (κ2) is 4.20. The molecule has 0 aromatic heterocycles. The summed E-state index contributed by atoms with van der Waals surface area (Å²) in [4.78, 5) is 14.8. The lowest BCUT2D eigenvalue weighted by Crippen LogP contribution is -2.63.